The second kappa shape index (κ2) is 11.6. The van der Waals surface area contributed by atoms with Crippen molar-refractivity contribution in [3.05, 3.63) is 90.0 Å². The van der Waals surface area contributed by atoms with Crippen LogP contribution in [0.15, 0.2) is 78.9 Å². The molecular weight excluding hydrogens is 480 g/mol. The van der Waals surface area contributed by atoms with Crippen LogP contribution in [-0.4, -0.2) is 74.7 Å². The van der Waals surface area contributed by atoms with Crippen LogP contribution in [-0.2, 0) is 4.79 Å². The Hall–Kier alpha value is -4.04. The number of amides is 3. The Kier molecular flexibility index (Phi) is 7.79. The van der Waals surface area contributed by atoms with Crippen molar-refractivity contribution in [2.45, 2.75) is 18.5 Å². The van der Waals surface area contributed by atoms with Crippen LogP contribution >= 0.6 is 0 Å². The Morgan fingerprint density at radius 3 is 2.03 bits per heavy atom. The van der Waals surface area contributed by atoms with E-state index in [0.717, 1.165) is 18.8 Å². The van der Waals surface area contributed by atoms with Crippen molar-refractivity contribution < 1.29 is 19.1 Å². The number of nitrogens with zero attached hydrogens (tertiary/aromatic N) is 3. The fraction of sp³-hybridized carbons (Fsp3) is 0.333. The number of urea groups is 1. The lowest BCUT2D eigenvalue weighted by Crippen LogP contribution is -2.54. The molecule has 1 unspecified atom stereocenters. The Balaban J connectivity index is 1.20. The highest BCUT2D eigenvalue weighted by atomic mass is 16.5. The molecule has 0 spiro atoms. The van der Waals surface area contributed by atoms with Gasteiger partial charge in [-0.3, -0.25) is 9.69 Å². The van der Waals surface area contributed by atoms with Gasteiger partial charge in [0.1, 0.15) is 0 Å². The number of piperazine rings is 1. The van der Waals surface area contributed by atoms with Crippen LogP contribution in [0.5, 0.6) is 11.5 Å². The molecule has 3 aromatic carbocycles. The number of hydrogen-bond donors (Lipinski definition) is 1. The van der Waals surface area contributed by atoms with Gasteiger partial charge in [-0.2, -0.15) is 0 Å². The summed E-state index contributed by atoms with van der Waals surface area (Å²) < 4.78 is 10.7. The molecule has 2 fully saturated rings. The van der Waals surface area contributed by atoms with Gasteiger partial charge in [-0.15, -0.1) is 0 Å². The van der Waals surface area contributed by atoms with Gasteiger partial charge in [0.05, 0.1) is 26.3 Å². The summed E-state index contributed by atoms with van der Waals surface area (Å²) in [5, 5.41) is 3.09. The van der Waals surface area contributed by atoms with Crippen molar-refractivity contribution in [3.63, 3.8) is 0 Å². The van der Waals surface area contributed by atoms with Crippen LogP contribution in [0.3, 0.4) is 0 Å². The van der Waals surface area contributed by atoms with Gasteiger partial charge in [-0.25, -0.2) is 4.79 Å². The molecule has 0 radical (unpaired) electrons. The molecule has 2 saturated heterocycles. The summed E-state index contributed by atoms with van der Waals surface area (Å²) in [7, 11) is 3.14. The number of anilines is 1. The standard InChI is InChI=1S/C30H34N4O4/c1-37-26-14-13-25(20-27(26)38-2)34-21-24(19-28(34)35)31-30(36)33-17-15-32(16-18-33)29(22-9-5-3-6-10-22)23-11-7-4-8-12-23/h3-14,20,24,29H,15-19,21H2,1-2H3,(H,31,36). The highest BCUT2D eigenvalue weighted by Crippen LogP contribution is 2.33. The van der Waals surface area contributed by atoms with Gasteiger partial charge in [0.15, 0.2) is 11.5 Å². The quantitative estimate of drug-likeness (QED) is 0.517. The molecule has 2 aliphatic heterocycles. The lowest BCUT2D eigenvalue weighted by molar-refractivity contribution is -0.117. The predicted molar refractivity (Wildman–Crippen MR) is 147 cm³/mol. The van der Waals surface area contributed by atoms with E-state index in [2.05, 4.69) is 58.7 Å². The van der Waals surface area contributed by atoms with Crippen LogP contribution in [0.4, 0.5) is 10.5 Å². The summed E-state index contributed by atoms with van der Waals surface area (Å²) >= 11 is 0. The Bertz CT molecular complexity index is 1210. The number of hydrogen-bond acceptors (Lipinski definition) is 5. The fourth-order valence-corrected chi connectivity index (χ4v) is 5.38. The molecule has 0 aliphatic carbocycles. The van der Waals surface area contributed by atoms with E-state index in [9.17, 15) is 9.59 Å². The van der Waals surface area contributed by atoms with Crippen LogP contribution in [0.25, 0.3) is 0 Å². The molecule has 8 heteroatoms. The maximum absolute atomic E-state index is 13.1. The van der Waals surface area contributed by atoms with Gasteiger partial charge in [0.2, 0.25) is 5.91 Å². The molecule has 1 atom stereocenters. The van der Waals surface area contributed by atoms with Crippen molar-refractivity contribution in [2.24, 2.45) is 0 Å². The van der Waals surface area contributed by atoms with Crippen molar-refractivity contribution in [1.29, 1.82) is 0 Å². The van der Waals surface area contributed by atoms with Crippen molar-refractivity contribution in [2.75, 3.05) is 51.8 Å². The first-order chi connectivity index (χ1) is 18.6. The summed E-state index contributed by atoms with van der Waals surface area (Å²) in [4.78, 5) is 31.9. The molecule has 0 aromatic heterocycles. The smallest absolute Gasteiger partial charge is 0.317 e. The molecule has 1 N–H and O–H groups in total. The van der Waals surface area contributed by atoms with Crippen molar-refractivity contribution in [3.8, 4) is 11.5 Å². The fourth-order valence-electron chi connectivity index (χ4n) is 5.38. The zero-order chi connectivity index (χ0) is 26.5. The minimum atomic E-state index is -0.248. The predicted octanol–water partition coefficient (Wildman–Crippen LogP) is 3.93. The summed E-state index contributed by atoms with van der Waals surface area (Å²) in [5.41, 5.74) is 3.22. The van der Waals surface area contributed by atoms with E-state index in [-0.39, 0.29) is 30.4 Å². The summed E-state index contributed by atoms with van der Waals surface area (Å²) in [6.45, 7) is 3.21. The van der Waals surface area contributed by atoms with Crippen molar-refractivity contribution >= 4 is 17.6 Å². The monoisotopic (exact) mass is 514 g/mol. The maximum Gasteiger partial charge on any atom is 0.317 e. The average molecular weight is 515 g/mol. The Morgan fingerprint density at radius 1 is 0.842 bits per heavy atom. The number of methoxy groups -OCH3 is 2. The minimum absolute atomic E-state index is 0.0269. The first kappa shape index (κ1) is 25.6. The normalized spacial score (nSPS) is 18.1. The molecule has 3 amide bonds. The van der Waals surface area contributed by atoms with E-state index in [0.29, 0.717) is 31.1 Å². The Morgan fingerprint density at radius 2 is 1.45 bits per heavy atom. The van der Waals surface area contributed by atoms with E-state index >= 15 is 0 Å². The zero-order valence-electron chi connectivity index (χ0n) is 21.9. The highest BCUT2D eigenvalue weighted by molar-refractivity contribution is 5.97. The minimum Gasteiger partial charge on any atom is -0.493 e. The number of rotatable bonds is 7. The van der Waals surface area contributed by atoms with Gasteiger partial charge in [0, 0.05) is 50.9 Å². The number of benzene rings is 3. The Labute approximate surface area is 223 Å². The average Bonchev–Trinajstić information content (AvgIpc) is 3.33. The number of carbonyl (C=O) groups excluding carboxylic acids is 2. The maximum atomic E-state index is 13.1. The van der Waals surface area contributed by atoms with Gasteiger partial charge in [-0.05, 0) is 23.3 Å². The largest absolute Gasteiger partial charge is 0.493 e. The van der Waals surface area contributed by atoms with E-state index in [4.69, 9.17) is 9.47 Å². The lowest BCUT2D eigenvalue weighted by Gasteiger charge is -2.40. The SMILES string of the molecule is COc1ccc(N2CC(NC(=O)N3CCN(C(c4ccccc4)c4ccccc4)CC3)CC2=O)cc1OC. The summed E-state index contributed by atoms with van der Waals surface area (Å²) in [5.74, 6) is 1.14. The van der Waals surface area contributed by atoms with Gasteiger partial charge >= 0.3 is 6.03 Å². The topological polar surface area (TPSA) is 74.4 Å². The third kappa shape index (κ3) is 5.45. The molecule has 2 aliphatic rings. The molecule has 5 rings (SSSR count). The van der Waals surface area contributed by atoms with E-state index in [1.807, 2.05) is 23.1 Å². The number of ether oxygens (including phenoxy) is 2. The molecular formula is C30H34N4O4. The van der Waals surface area contributed by atoms with E-state index in [1.165, 1.54) is 11.1 Å². The molecule has 8 nitrogen and oxygen atoms in total. The molecule has 3 aromatic rings. The summed E-state index contributed by atoms with van der Waals surface area (Å²) in [6, 6.07) is 26.2. The zero-order valence-corrected chi connectivity index (χ0v) is 21.9. The third-order valence-electron chi connectivity index (χ3n) is 7.33. The van der Waals surface area contributed by atoms with Crippen molar-refractivity contribution in [1.82, 2.24) is 15.1 Å². The highest BCUT2D eigenvalue weighted by Gasteiger charge is 2.34. The first-order valence-corrected chi connectivity index (χ1v) is 13.0. The first-order valence-electron chi connectivity index (χ1n) is 13.0. The lowest BCUT2D eigenvalue weighted by atomic mass is 9.96. The van der Waals surface area contributed by atoms with Crippen LogP contribution in [0.1, 0.15) is 23.6 Å². The van der Waals surface area contributed by atoms with Gasteiger partial charge in [-0.1, -0.05) is 60.7 Å². The number of carbonyl (C=O) groups is 2. The number of nitrogens with one attached hydrogen (secondary N) is 1. The second-order valence-corrected chi connectivity index (χ2v) is 9.64. The molecule has 198 valence electrons. The molecule has 38 heavy (non-hydrogen) atoms. The molecule has 2 heterocycles. The van der Waals surface area contributed by atoms with E-state index < -0.39 is 0 Å². The molecule has 0 bridgehead atoms. The summed E-state index contributed by atoms with van der Waals surface area (Å²) in [6.07, 6.45) is 0.268. The van der Waals surface area contributed by atoms with Gasteiger partial charge in [0.25, 0.3) is 0 Å². The van der Waals surface area contributed by atoms with Crippen LogP contribution < -0.4 is 19.7 Å². The molecule has 0 saturated carbocycles. The third-order valence-corrected chi connectivity index (χ3v) is 7.33. The van der Waals surface area contributed by atoms with Gasteiger partial charge < -0.3 is 24.6 Å². The second-order valence-electron chi connectivity index (χ2n) is 9.64. The van der Waals surface area contributed by atoms with E-state index in [1.54, 1.807) is 31.3 Å². The van der Waals surface area contributed by atoms with Crippen LogP contribution in [0, 0.1) is 0 Å². The van der Waals surface area contributed by atoms with Crippen LogP contribution in [0.2, 0.25) is 0 Å².